The van der Waals surface area contributed by atoms with E-state index in [1.807, 2.05) is 4.90 Å². The second-order valence-corrected chi connectivity index (χ2v) is 6.27. The highest BCUT2D eigenvalue weighted by Gasteiger charge is 2.60. The second kappa shape index (κ2) is 5.43. The zero-order valence-corrected chi connectivity index (χ0v) is 13.1. The van der Waals surface area contributed by atoms with Crippen molar-refractivity contribution in [1.29, 1.82) is 0 Å². The predicted molar refractivity (Wildman–Crippen MR) is 81.8 cm³/mol. The van der Waals surface area contributed by atoms with Gasteiger partial charge in [0.25, 0.3) is 0 Å². The molecule has 0 aromatic heterocycles. The Hall–Kier alpha value is -1.39. The third-order valence-corrected chi connectivity index (χ3v) is 4.67. The number of carbonyl (C=O) groups is 1. The smallest absolute Gasteiger partial charge is 0.244 e. The number of rotatable bonds is 5. The first-order valence-electron chi connectivity index (χ1n) is 7.77. The Balaban J connectivity index is 1.94. The third kappa shape index (κ3) is 2.47. The van der Waals surface area contributed by atoms with Gasteiger partial charge < -0.3 is 9.64 Å². The molecule has 2 atom stereocenters. The topological polar surface area (TPSA) is 41.6 Å². The summed E-state index contributed by atoms with van der Waals surface area (Å²) in [4.78, 5) is 14.9. The fourth-order valence-corrected chi connectivity index (χ4v) is 3.29. The van der Waals surface area contributed by atoms with Crippen molar-refractivity contribution < 1.29 is 9.53 Å². The van der Waals surface area contributed by atoms with Crippen LogP contribution < -0.4 is 5.32 Å². The van der Waals surface area contributed by atoms with E-state index in [9.17, 15) is 4.79 Å². The van der Waals surface area contributed by atoms with Crippen LogP contribution in [-0.4, -0.2) is 36.1 Å². The Labute approximate surface area is 126 Å². The molecule has 1 spiro atoms. The van der Waals surface area contributed by atoms with E-state index in [1.165, 1.54) is 11.1 Å². The lowest BCUT2D eigenvalue weighted by molar-refractivity contribution is -0.134. The number of aryl methyl sites for hydroxylation is 1. The van der Waals surface area contributed by atoms with Crippen molar-refractivity contribution in [2.75, 3.05) is 13.7 Å². The van der Waals surface area contributed by atoms with E-state index in [1.54, 1.807) is 7.11 Å². The molecule has 1 aromatic rings. The lowest BCUT2D eigenvalue weighted by Crippen LogP contribution is -2.42. The molecular formula is C17H24N2O2. The Bertz CT molecular complexity index is 539. The van der Waals surface area contributed by atoms with Crippen molar-refractivity contribution in [3.05, 3.63) is 35.4 Å². The first-order chi connectivity index (χ1) is 10.1. The Morgan fingerprint density at radius 1 is 1.48 bits per heavy atom. The zero-order chi connectivity index (χ0) is 15.0. The molecule has 1 amide bonds. The maximum atomic E-state index is 12.8. The molecule has 1 aromatic carbocycles. The monoisotopic (exact) mass is 288 g/mol. The minimum absolute atomic E-state index is 0.0278. The highest BCUT2D eigenvalue weighted by Crippen LogP contribution is 2.47. The first-order valence-corrected chi connectivity index (χ1v) is 7.77. The number of hydrogen-bond acceptors (Lipinski definition) is 3. The van der Waals surface area contributed by atoms with Gasteiger partial charge in [-0.25, -0.2) is 0 Å². The molecule has 21 heavy (non-hydrogen) atoms. The molecule has 1 aliphatic heterocycles. The van der Waals surface area contributed by atoms with E-state index < -0.39 is 0 Å². The minimum Gasteiger partial charge on any atom is -0.383 e. The van der Waals surface area contributed by atoms with Crippen LogP contribution in [-0.2, 0) is 9.53 Å². The van der Waals surface area contributed by atoms with Gasteiger partial charge in [-0.1, -0.05) is 36.8 Å². The van der Waals surface area contributed by atoms with Crippen LogP contribution in [0.25, 0.3) is 0 Å². The average Bonchev–Trinajstić information content (AvgIpc) is 3.20. The van der Waals surface area contributed by atoms with Gasteiger partial charge in [0.1, 0.15) is 11.7 Å². The van der Waals surface area contributed by atoms with Gasteiger partial charge in [0.15, 0.2) is 0 Å². The molecule has 0 radical (unpaired) electrons. The van der Waals surface area contributed by atoms with Crippen molar-refractivity contribution in [2.24, 2.45) is 0 Å². The number of nitrogens with one attached hydrogen (secondary N) is 1. The molecule has 4 heteroatoms. The molecule has 2 fully saturated rings. The van der Waals surface area contributed by atoms with Gasteiger partial charge >= 0.3 is 0 Å². The van der Waals surface area contributed by atoms with Gasteiger partial charge in [0.2, 0.25) is 5.91 Å². The first kappa shape index (κ1) is 14.5. The van der Waals surface area contributed by atoms with Crippen molar-refractivity contribution >= 4 is 5.91 Å². The van der Waals surface area contributed by atoms with E-state index in [0.717, 1.165) is 19.3 Å². The van der Waals surface area contributed by atoms with E-state index in [0.29, 0.717) is 6.61 Å². The lowest BCUT2D eigenvalue weighted by atomic mass is 10.1. The standard InChI is InChI=1S/C17H24N2O2/c1-4-14(11-21-3)19-15(13-7-5-6-12(2)10-13)18-17(8-9-17)16(19)20/h5-7,10,14-15,18H,4,8-9,11H2,1-3H3. The van der Waals surface area contributed by atoms with Crippen LogP contribution in [0.5, 0.6) is 0 Å². The molecule has 0 bridgehead atoms. The number of carbonyl (C=O) groups excluding carboxylic acids is 1. The Morgan fingerprint density at radius 2 is 2.24 bits per heavy atom. The Morgan fingerprint density at radius 3 is 2.81 bits per heavy atom. The van der Waals surface area contributed by atoms with Gasteiger partial charge in [-0.3, -0.25) is 10.1 Å². The van der Waals surface area contributed by atoms with Crippen molar-refractivity contribution in [2.45, 2.75) is 50.9 Å². The minimum atomic E-state index is -0.296. The molecule has 1 heterocycles. The van der Waals surface area contributed by atoms with Gasteiger partial charge in [-0.05, 0) is 31.7 Å². The molecule has 2 unspecified atom stereocenters. The maximum absolute atomic E-state index is 12.8. The van der Waals surface area contributed by atoms with Crippen LogP contribution in [0.15, 0.2) is 24.3 Å². The van der Waals surface area contributed by atoms with E-state index in [2.05, 4.69) is 43.4 Å². The van der Waals surface area contributed by atoms with Gasteiger partial charge in [0, 0.05) is 7.11 Å². The van der Waals surface area contributed by atoms with E-state index in [4.69, 9.17) is 4.74 Å². The van der Waals surface area contributed by atoms with E-state index in [-0.39, 0.29) is 23.7 Å². The summed E-state index contributed by atoms with van der Waals surface area (Å²) >= 11 is 0. The summed E-state index contributed by atoms with van der Waals surface area (Å²) in [6.07, 6.45) is 2.78. The van der Waals surface area contributed by atoms with Crippen molar-refractivity contribution in [3.8, 4) is 0 Å². The number of nitrogens with zero attached hydrogens (tertiary/aromatic N) is 1. The summed E-state index contributed by atoms with van der Waals surface area (Å²) < 4.78 is 5.33. The van der Waals surface area contributed by atoms with Crippen molar-refractivity contribution in [3.63, 3.8) is 0 Å². The third-order valence-electron chi connectivity index (χ3n) is 4.67. The number of hydrogen-bond donors (Lipinski definition) is 1. The van der Waals surface area contributed by atoms with E-state index >= 15 is 0 Å². The largest absolute Gasteiger partial charge is 0.383 e. The SMILES string of the molecule is CCC(COC)N1C(=O)C2(CC2)NC1c1cccc(C)c1. The molecule has 1 N–H and O–H groups in total. The highest BCUT2D eigenvalue weighted by molar-refractivity contribution is 5.92. The number of ether oxygens (including phenoxy) is 1. The average molecular weight is 288 g/mol. The van der Waals surface area contributed by atoms with Crippen molar-refractivity contribution in [1.82, 2.24) is 10.2 Å². The summed E-state index contributed by atoms with van der Waals surface area (Å²) in [6.45, 7) is 4.79. The number of methoxy groups -OCH3 is 1. The summed E-state index contributed by atoms with van der Waals surface area (Å²) in [5.41, 5.74) is 2.09. The van der Waals surface area contributed by atoms with Crippen LogP contribution >= 0.6 is 0 Å². The lowest BCUT2D eigenvalue weighted by Gasteiger charge is -2.32. The van der Waals surface area contributed by atoms with Crippen LogP contribution in [0, 0.1) is 6.92 Å². The Kier molecular flexibility index (Phi) is 3.76. The molecule has 1 saturated heterocycles. The molecule has 114 valence electrons. The van der Waals surface area contributed by atoms with Gasteiger partial charge in [-0.2, -0.15) is 0 Å². The maximum Gasteiger partial charge on any atom is 0.244 e. The zero-order valence-electron chi connectivity index (χ0n) is 13.1. The van der Waals surface area contributed by atoms with Crippen LogP contribution in [0.4, 0.5) is 0 Å². The summed E-state index contributed by atoms with van der Waals surface area (Å²) in [5.74, 6) is 0.248. The normalized spacial score (nSPS) is 24.6. The van der Waals surface area contributed by atoms with Crippen LogP contribution in [0.3, 0.4) is 0 Å². The fraction of sp³-hybridized carbons (Fsp3) is 0.588. The van der Waals surface area contributed by atoms with Gasteiger partial charge in [-0.15, -0.1) is 0 Å². The highest BCUT2D eigenvalue weighted by atomic mass is 16.5. The second-order valence-electron chi connectivity index (χ2n) is 6.27. The quantitative estimate of drug-likeness (QED) is 0.904. The number of benzene rings is 1. The molecule has 1 saturated carbocycles. The predicted octanol–water partition coefficient (Wildman–Crippen LogP) is 2.38. The van der Waals surface area contributed by atoms with Crippen LogP contribution in [0.1, 0.15) is 43.5 Å². The summed E-state index contributed by atoms with van der Waals surface area (Å²) in [7, 11) is 1.70. The van der Waals surface area contributed by atoms with Gasteiger partial charge in [0.05, 0.1) is 12.6 Å². The fourth-order valence-electron chi connectivity index (χ4n) is 3.29. The summed E-state index contributed by atoms with van der Waals surface area (Å²) in [5, 5.41) is 3.58. The number of amides is 1. The molecule has 1 aliphatic carbocycles. The molecule has 4 nitrogen and oxygen atoms in total. The molecular weight excluding hydrogens is 264 g/mol. The molecule has 3 rings (SSSR count). The van der Waals surface area contributed by atoms with Crippen LogP contribution in [0.2, 0.25) is 0 Å². The summed E-state index contributed by atoms with van der Waals surface area (Å²) in [6, 6.07) is 8.54. The molecule has 2 aliphatic rings.